The number of likely N-dealkylation sites (N-methyl/N-ethyl adjacent to an activating group) is 1. The van der Waals surface area contributed by atoms with Crippen molar-refractivity contribution in [1.29, 1.82) is 0 Å². The van der Waals surface area contributed by atoms with Crippen LogP contribution in [0.5, 0.6) is 11.8 Å². The van der Waals surface area contributed by atoms with Crippen molar-refractivity contribution < 1.29 is 22.7 Å². The molecule has 1 amide bonds. The third kappa shape index (κ3) is 3.49. The monoisotopic (exact) mass is 365 g/mol. The molecule has 0 saturated heterocycles. The Hall–Kier alpha value is -2.64. The van der Waals surface area contributed by atoms with E-state index in [1.54, 1.807) is 13.1 Å². The lowest BCUT2D eigenvalue weighted by molar-refractivity contribution is -0.137. The molecule has 1 fully saturated rings. The van der Waals surface area contributed by atoms with Crippen LogP contribution in [-0.2, 0) is 16.4 Å². The van der Waals surface area contributed by atoms with Gasteiger partial charge in [-0.25, -0.2) is 4.98 Å². The van der Waals surface area contributed by atoms with Crippen molar-refractivity contribution >= 4 is 5.91 Å². The number of nitrogens with zero attached hydrogens (tertiary/aromatic N) is 2. The maximum atomic E-state index is 12.8. The van der Waals surface area contributed by atoms with Crippen LogP contribution in [0.4, 0.5) is 13.2 Å². The molecule has 1 saturated carbocycles. The molecule has 1 N–H and O–H groups in total. The van der Waals surface area contributed by atoms with Crippen LogP contribution in [0.3, 0.4) is 0 Å². The molecule has 0 radical (unpaired) electrons. The molecule has 1 aromatic heterocycles. The molecule has 3 rings (SSSR count). The lowest BCUT2D eigenvalue weighted by Gasteiger charge is -2.26. The minimum atomic E-state index is -4.46. The summed E-state index contributed by atoms with van der Waals surface area (Å²) in [4.78, 5) is 20.7. The Morgan fingerprint density at radius 2 is 1.96 bits per heavy atom. The van der Waals surface area contributed by atoms with Crippen LogP contribution in [0.15, 0.2) is 36.5 Å². The molecule has 1 aromatic carbocycles. The van der Waals surface area contributed by atoms with Gasteiger partial charge in [0.1, 0.15) is 5.75 Å². The summed E-state index contributed by atoms with van der Waals surface area (Å²) in [5, 5.41) is 2.67. The Bertz CT molecular complexity index is 802. The molecule has 0 spiro atoms. The zero-order valence-corrected chi connectivity index (χ0v) is 14.1. The van der Waals surface area contributed by atoms with Gasteiger partial charge in [0.2, 0.25) is 5.91 Å². The average Bonchev–Trinajstić information content (AvgIpc) is 3.12. The highest BCUT2D eigenvalue weighted by atomic mass is 19.4. The van der Waals surface area contributed by atoms with Crippen LogP contribution >= 0.6 is 0 Å². The number of amides is 1. The number of rotatable bonds is 4. The van der Waals surface area contributed by atoms with Crippen LogP contribution in [-0.4, -0.2) is 22.9 Å². The van der Waals surface area contributed by atoms with Crippen molar-refractivity contribution in [2.45, 2.75) is 37.3 Å². The first-order valence-electron chi connectivity index (χ1n) is 8.26. The molecule has 0 aliphatic heterocycles. The number of halogens is 3. The first kappa shape index (κ1) is 18.2. The minimum absolute atomic E-state index is 0.0163. The number of hydrogen-bond acceptors (Lipinski definition) is 4. The molecule has 0 bridgehead atoms. The number of aromatic nitrogens is 2. The topological polar surface area (TPSA) is 64.1 Å². The highest BCUT2D eigenvalue weighted by Gasteiger charge is 2.43. The van der Waals surface area contributed by atoms with Crippen molar-refractivity contribution in [2.24, 2.45) is 0 Å². The van der Waals surface area contributed by atoms with Gasteiger partial charge in [-0.1, -0.05) is 18.9 Å². The van der Waals surface area contributed by atoms with Gasteiger partial charge in [-0.05, 0) is 37.1 Å². The second kappa shape index (κ2) is 6.93. The van der Waals surface area contributed by atoms with E-state index in [1.807, 2.05) is 0 Å². The van der Waals surface area contributed by atoms with Gasteiger partial charge in [-0.15, -0.1) is 0 Å². The van der Waals surface area contributed by atoms with Gasteiger partial charge in [0.15, 0.2) is 0 Å². The van der Waals surface area contributed by atoms with Crippen LogP contribution < -0.4 is 10.1 Å². The molecular formula is C18H18F3N3O2. The predicted molar refractivity (Wildman–Crippen MR) is 87.8 cm³/mol. The molecular weight excluding hydrogens is 347 g/mol. The van der Waals surface area contributed by atoms with Gasteiger partial charge in [-0.3, -0.25) is 4.79 Å². The minimum Gasteiger partial charge on any atom is -0.424 e. The molecule has 5 nitrogen and oxygen atoms in total. The molecule has 1 heterocycles. The van der Waals surface area contributed by atoms with Gasteiger partial charge in [0.05, 0.1) is 16.7 Å². The van der Waals surface area contributed by atoms with E-state index >= 15 is 0 Å². The molecule has 1 aliphatic rings. The maximum absolute atomic E-state index is 12.8. The van der Waals surface area contributed by atoms with Crippen LogP contribution in [0.2, 0.25) is 0 Å². The highest BCUT2D eigenvalue weighted by molar-refractivity contribution is 5.87. The fourth-order valence-electron chi connectivity index (χ4n) is 3.32. The average molecular weight is 365 g/mol. The summed E-state index contributed by atoms with van der Waals surface area (Å²) >= 11 is 0. The van der Waals surface area contributed by atoms with Gasteiger partial charge in [-0.2, -0.15) is 18.2 Å². The van der Waals surface area contributed by atoms with Crippen molar-refractivity contribution in [1.82, 2.24) is 15.3 Å². The van der Waals surface area contributed by atoms with E-state index in [9.17, 15) is 18.0 Å². The summed E-state index contributed by atoms with van der Waals surface area (Å²) in [7, 11) is 1.57. The van der Waals surface area contributed by atoms with Crippen LogP contribution in [0, 0.1) is 0 Å². The fourth-order valence-corrected chi connectivity index (χ4v) is 3.32. The summed E-state index contributed by atoms with van der Waals surface area (Å²) in [5.41, 5.74) is -1.04. The van der Waals surface area contributed by atoms with E-state index in [4.69, 9.17) is 4.74 Å². The normalized spacial score (nSPS) is 16.3. The van der Waals surface area contributed by atoms with E-state index in [1.165, 1.54) is 18.3 Å². The van der Waals surface area contributed by atoms with Gasteiger partial charge in [0.25, 0.3) is 0 Å². The Labute approximate surface area is 148 Å². The molecule has 2 aromatic rings. The Morgan fingerprint density at radius 3 is 2.62 bits per heavy atom. The van der Waals surface area contributed by atoms with E-state index < -0.39 is 17.2 Å². The molecule has 8 heteroatoms. The third-order valence-corrected chi connectivity index (χ3v) is 4.61. The number of hydrogen-bond donors (Lipinski definition) is 1. The van der Waals surface area contributed by atoms with E-state index in [-0.39, 0.29) is 17.7 Å². The van der Waals surface area contributed by atoms with Crippen LogP contribution in [0.1, 0.15) is 36.9 Å². The standard InChI is InChI=1S/C18H18F3N3O2/c1-22-15(25)17(8-2-3-9-17)14-7-10-23-16(24-14)26-13-6-4-5-12(11-13)18(19,20)21/h4-7,10-11H,2-3,8-9H2,1H3,(H,22,25). The van der Waals surface area contributed by atoms with Crippen molar-refractivity contribution in [2.75, 3.05) is 7.05 Å². The number of benzene rings is 1. The SMILES string of the molecule is CNC(=O)C1(c2ccnc(Oc3cccc(C(F)(F)F)c3)n2)CCCC1. The van der Waals surface area contributed by atoms with Gasteiger partial charge in [0, 0.05) is 13.2 Å². The van der Waals surface area contributed by atoms with E-state index in [0.29, 0.717) is 18.5 Å². The fraction of sp³-hybridized carbons (Fsp3) is 0.389. The summed E-state index contributed by atoms with van der Waals surface area (Å²) in [6.07, 6.45) is 0.116. The highest BCUT2D eigenvalue weighted by Crippen LogP contribution is 2.41. The molecule has 0 unspecified atom stereocenters. The molecule has 26 heavy (non-hydrogen) atoms. The van der Waals surface area contributed by atoms with Crippen molar-refractivity contribution in [3.63, 3.8) is 0 Å². The second-order valence-electron chi connectivity index (χ2n) is 6.22. The van der Waals surface area contributed by atoms with Crippen molar-refractivity contribution in [3.05, 3.63) is 47.8 Å². The summed E-state index contributed by atoms with van der Waals surface area (Å²) in [6, 6.07) is 6.07. The smallest absolute Gasteiger partial charge is 0.416 e. The molecule has 0 atom stereocenters. The van der Waals surface area contributed by atoms with Crippen molar-refractivity contribution in [3.8, 4) is 11.8 Å². The lowest BCUT2D eigenvalue weighted by atomic mass is 9.81. The number of alkyl halides is 3. The van der Waals surface area contributed by atoms with Gasteiger partial charge < -0.3 is 10.1 Å². The molecule has 138 valence electrons. The number of ether oxygens (including phenoxy) is 1. The van der Waals surface area contributed by atoms with E-state index in [0.717, 1.165) is 25.0 Å². The summed E-state index contributed by atoms with van der Waals surface area (Å²) in [5.74, 6) is -0.142. The second-order valence-corrected chi connectivity index (χ2v) is 6.22. The first-order valence-corrected chi connectivity index (χ1v) is 8.26. The third-order valence-electron chi connectivity index (χ3n) is 4.61. The zero-order chi connectivity index (χ0) is 18.8. The van der Waals surface area contributed by atoms with E-state index in [2.05, 4.69) is 15.3 Å². The van der Waals surface area contributed by atoms with Crippen LogP contribution in [0.25, 0.3) is 0 Å². The largest absolute Gasteiger partial charge is 0.424 e. The van der Waals surface area contributed by atoms with Gasteiger partial charge >= 0.3 is 12.2 Å². The number of carbonyl (C=O) groups is 1. The Balaban J connectivity index is 1.90. The first-order chi connectivity index (χ1) is 12.3. The molecule has 1 aliphatic carbocycles. The predicted octanol–water partition coefficient (Wildman–Crippen LogP) is 3.85. The number of carbonyl (C=O) groups excluding carboxylic acids is 1. The summed E-state index contributed by atoms with van der Waals surface area (Å²) in [6.45, 7) is 0. The Morgan fingerprint density at radius 1 is 1.23 bits per heavy atom. The quantitative estimate of drug-likeness (QED) is 0.894. The Kier molecular flexibility index (Phi) is 4.84. The summed E-state index contributed by atoms with van der Waals surface area (Å²) < 4.78 is 43.9. The maximum Gasteiger partial charge on any atom is 0.416 e. The number of nitrogens with one attached hydrogen (secondary N) is 1. The lowest BCUT2D eigenvalue weighted by Crippen LogP contribution is -2.41. The zero-order valence-electron chi connectivity index (χ0n) is 14.1.